The Balaban J connectivity index is 2.45. The lowest BCUT2D eigenvalue weighted by Crippen LogP contribution is -2.35. The van der Waals surface area contributed by atoms with Crippen LogP contribution >= 0.6 is 0 Å². The van der Waals surface area contributed by atoms with Crippen molar-refractivity contribution in [1.82, 2.24) is 15.2 Å². The summed E-state index contributed by atoms with van der Waals surface area (Å²) in [5, 5.41) is 2.95. The van der Waals surface area contributed by atoms with Gasteiger partial charge < -0.3 is 15.2 Å². The minimum atomic E-state index is -0.00958. The SMILES string of the molecule is CCN(CC)CCNC(=O)c1c(C)[c][nH]c1C. The number of aryl methyl sites for hydroxylation is 2. The van der Waals surface area contributed by atoms with Gasteiger partial charge in [0.2, 0.25) is 0 Å². The molecular weight excluding hydrogens is 214 g/mol. The van der Waals surface area contributed by atoms with E-state index in [0.29, 0.717) is 6.54 Å². The van der Waals surface area contributed by atoms with Crippen molar-refractivity contribution < 1.29 is 4.79 Å². The number of rotatable bonds is 6. The third-order valence-electron chi connectivity index (χ3n) is 3.02. The van der Waals surface area contributed by atoms with E-state index in [1.54, 1.807) is 0 Å². The van der Waals surface area contributed by atoms with E-state index in [0.717, 1.165) is 36.5 Å². The smallest absolute Gasteiger partial charge is 0.253 e. The number of carbonyl (C=O) groups excluding carboxylic acids is 1. The Morgan fingerprint density at radius 2 is 2.00 bits per heavy atom. The van der Waals surface area contributed by atoms with Crippen LogP contribution in [0.25, 0.3) is 0 Å². The average molecular weight is 236 g/mol. The Bertz CT molecular complexity index is 347. The molecule has 4 heteroatoms. The van der Waals surface area contributed by atoms with Gasteiger partial charge in [0, 0.05) is 18.8 Å². The molecule has 4 nitrogen and oxygen atoms in total. The molecule has 1 rings (SSSR count). The summed E-state index contributed by atoms with van der Waals surface area (Å²) in [4.78, 5) is 17.2. The number of aromatic amines is 1. The van der Waals surface area contributed by atoms with Crippen molar-refractivity contribution in [3.05, 3.63) is 23.0 Å². The molecule has 0 saturated heterocycles. The van der Waals surface area contributed by atoms with Crippen molar-refractivity contribution in [2.45, 2.75) is 27.7 Å². The Hall–Kier alpha value is -1.29. The molecule has 0 atom stereocenters. The van der Waals surface area contributed by atoms with Gasteiger partial charge in [-0.1, -0.05) is 13.8 Å². The standard InChI is InChI=1S/C13H22N3O/c1-5-16(6-2)8-7-14-13(17)12-10(3)9-15-11(12)4/h15H,5-8H2,1-4H3,(H,14,17). The first-order valence-corrected chi connectivity index (χ1v) is 6.17. The molecule has 0 bridgehead atoms. The lowest BCUT2D eigenvalue weighted by Gasteiger charge is -2.18. The Kier molecular flexibility index (Phi) is 5.22. The number of aromatic nitrogens is 1. The van der Waals surface area contributed by atoms with Gasteiger partial charge >= 0.3 is 0 Å². The van der Waals surface area contributed by atoms with E-state index in [2.05, 4.69) is 35.2 Å². The lowest BCUT2D eigenvalue weighted by molar-refractivity contribution is 0.0948. The fraction of sp³-hybridized carbons (Fsp3) is 0.615. The first-order valence-electron chi connectivity index (χ1n) is 6.17. The molecule has 0 aliphatic rings. The van der Waals surface area contributed by atoms with Crippen LogP contribution in [0.4, 0.5) is 0 Å². The molecule has 0 spiro atoms. The molecule has 95 valence electrons. The number of carbonyl (C=O) groups is 1. The number of H-pyrrole nitrogens is 1. The maximum absolute atomic E-state index is 11.9. The highest BCUT2D eigenvalue weighted by Gasteiger charge is 2.13. The van der Waals surface area contributed by atoms with Gasteiger partial charge in [0.25, 0.3) is 5.91 Å². The van der Waals surface area contributed by atoms with Crippen LogP contribution in [-0.2, 0) is 0 Å². The molecule has 1 heterocycles. The first-order chi connectivity index (χ1) is 8.10. The zero-order valence-corrected chi connectivity index (χ0v) is 11.2. The Morgan fingerprint density at radius 3 is 2.47 bits per heavy atom. The zero-order chi connectivity index (χ0) is 12.8. The molecule has 0 aromatic carbocycles. The molecule has 1 radical (unpaired) electrons. The predicted molar refractivity (Wildman–Crippen MR) is 69.2 cm³/mol. The molecule has 0 fully saturated rings. The second-order valence-electron chi connectivity index (χ2n) is 4.16. The third kappa shape index (κ3) is 3.60. The molecular formula is C13H22N3O. The summed E-state index contributed by atoms with van der Waals surface area (Å²) in [5.41, 5.74) is 2.48. The summed E-state index contributed by atoms with van der Waals surface area (Å²) in [6, 6.07) is 0. The quantitative estimate of drug-likeness (QED) is 0.786. The largest absolute Gasteiger partial charge is 0.357 e. The molecule has 0 unspecified atom stereocenters. The van der Waals surface area contributed by atoms with Crippen LogP contribution < -0.4 is 5.32 Å². The highest BCUT2D eigenvalue weighted by atomic mass is 16.1. The van der Waals surface area contributed by atoms with Crippen molar-refractivity contribution in [3.8, 4) is 0 Å². The fourth-order valence-corrected chi connectivity index (χ4v) is 1.89. The minimum Gasteiger partial charge on any atom is -0.357 e. The summed E-state index contributed by atoms with van der Waals surface area (Å²) in [5.74, 6) is -0.00958. The van der Waals surface area contributed by atoms with Gasteiger partial charge in [-0.25, -0.2) is 0 Å². The predicted octanol–water partition coefficient (Wildman–Crippen LogP) is 1.50. The Morgan fingerprint density at radius 1 is 1.35 bits per heavy atom. The molecule has 1 aromatic heterocycles. The topological polar surface area (TPSA) is 48.1 Å². The van der Waals surface area contributed by atoms with Crippen LogP contribution in [0, 0.1) is 20.0 Å². The third-order valence-corrected chi connectivity index (χ3v) is 3.02. The second kappa shape index (κ2) is 6.45. The van der Waals surface area contributed by atoms with Crippen LogP contribution in [0.1, 0.15) is 35.5 Å². The highest BCUT2D eigenvalue weighted by molar-refractivity contribution is 5.96. The summed E-state index contributed by atoms with van der Waals surface area (Å²) in [6.45, 7) is 11.6. The van der Waals surface area contributed by atoms with Crippen LogP contribution in [0.2, 0.25) is 0 Å². The van der Waals surface area contributed by atoms with Crippen molar-refractivity contribution >= 4 is 5.91 Å². The normalized spacial score (nSPS) is 10.9. The fourth-order valence-electron chi connectivity index (χ4n) is 1.89. The minimum absolute atomic E-state index is 0.00958. The molecule has 1 aromatic rings. The van der Waals surface area contributed by atoms with Crippen molar-refractivity contribution in [1.29, 1.82) is 0 Å². The van der Waals surface area contributed by atoms with Crippen molar-refractivity contribution in [2.75, 3.05) is 26.2 Å². The summed E-state index contributed by atoms with van der Waals surface area (Å²) in [7, 11) is 0. The second-order valence-corrected chi connectivity index (χ2v) is 4.16. The first kappa shape index (κ1) is 13.8. The van der Waals surface area contributed by atoms with Crippen LogP contribution in [-0.4, -0.2) is 42.0 Å². The molecule has 1 amide bonds. The van der Waals surface area contributed by atoms with Crippen molar-refractivity contribution in [2.24, 2.45) is 0 Å². The molecule has 2 N–H and O–H groups in total. The summed E-state index contributed by atoms with van der Waals surface area (Å²) < 4.78 is 0. The van der Waals surface area contributed by atoms with E-state index in [4.69, 9.17) is 0 Å². The molecule has 0 aliphatic heterocycles. The summed E-state index contributed by atoms with van der Waals surface area (Å²) >= 11 is 0. The van der Waals surface area contributed by atoms with Crippen LogP contribution in [0.5, 0.6) is 0 Å². The van der Waals surface area contributed by atoms with Gasteiger partial charge in [-0.15, -0.1) is 0 Å². The average Bonchev–Trinajstić information content (AvgIpc) is 2.64. The number of nitrogens with one attached hydrogen (secondary N) is 2. The zero-order valence-electron chi connectivity index (χ0n) is 11.2. The van der Waals surface area contributed by atoms with Gasteiger partial charge in [-0.05, 0) is 32.5 Å². The maximum atomic E-state index is 11.9. The lowest BCUT2D eigenvalue weighted by atomic mass is 10.1. The Labute approximate surface area is 103 Å². The monoisotopic (exact) mass is 236 g/mol. The number of hydrogen-bond acceptors (Lipinski definition) is 2. The molecule has 17 heavy (non-hydrogen) atoms. The van der Waals surface area contributed by atoms with Crippen LogP contribution in [0.3, 0.4) is 0 Å². The molecule has 0 saturated carbocycles. The van der Waals surface area contributed by atoms with Gasteiger partial charge in [-0.2, -0.15) is 0 Å². The van der Waals surface area contributed by atoms with Gasteiger partial charge in [0.1, 0.15) is 0 Å². The summed E-state index contributed by atoms with van der Waals surface area (Å²) in [6.07, 6.45) is 2.94. The van der Waals surface area contributed by atoms with E-state index in [1.165, 1.54) is 0 Å². The highest BCUT2D eigenvalue weighted by Crippen LogP contribution is 2.10. The van der Waals surface area contributed by atoms with E-state index in [1.807, 2.05) is 13.8 Å². The van der Waals surface area contributed by atoms with E-state index >= 15 is 0 Å². The van der Waals surface area contributed by atoms with Crippen molar-refractivity contribution in [3.63, 3.8) is 0 Å². The van der Waals surface area contributed by atoms with E-state index < -0.39 is 0 Å². The van der Waals surface area contributed by atoms with E-state index in [9.17, 15) is 4.79 Å². The number of amides is 1. The number of hydrogen-bond donors (Lipinski definition) is 2. The van der Waals surface area contributed by atoms with Gasteiger partial charge in [0.15, 0.2) is 0 Å². The number of likely N-dealkylation sites (N-methyl/N-ethyl adjacent to an activating group) is 1. The maximum Gasteiger partial charge on any atom is 0.253 e. The van der Waals surface area contributed by atoms with Crippen LogP contribution in [0.15, 0.2) is 0 Å². The van der Waals surface area contributed by atoms with E-state index in [-0.39, 0.29) is 5.91 Å². The van der Waals surface area contributed by atoms with Gasteiger partial charge in [0.05, 0.1) is 11.8 Å². The molecule has 0 aliphatic carbocycles. The van der Waals surface area contributed by atoms with Gasteiger partial charge in [-0.3, -0.25) is 4.79 Å². The number of nitrogens with zero attached hydrogens (tertiary/aromatic N) is 1.